The standard InChI is InChI=1S/C10H12N2O4/c13-9(8-11-3-6-16-8)12-4-1-7(2-5-12)10(14)15/h3,6-7H,1-2,4-5H2,(H,14,15). The van der Waals surface area contributed by atoms with E-state index in [0.717, 1.165) is 0 Å². The van der Waals surface area contributed by atoms with E-state index in [9.17, 15) is 9.59 Å². The van der Waals surface area contributed by atoms with Gasteiger partial charge in [0.05, 0.1) is 12.1 Å². The number of nitrogens with zero attached hydrogens (tertiary/aromatic N) is 2. The molecule has 0 aliphatic carbocycles. The van der Waals surface area contributed by atoms with Crippen LogP contribution in [0.1, 0.15) is 23.5 Å². The average Bonchev–Trinajstić information content (AvgIpc) is 2.81. The molecule has 0 unspecified atom stereocenters. The molecule has 1 aromatic rings. The number of piperidine rings is 1. The summed E-state index contributed by atoms with van der Waals surface area (Å²) in [5, 5.41) is 8.81. The van der Waals surface area contributed by atoms with Crippen LogP contribution >= 0.6 is 0 Å². The van der Waals surface area contributed by atoms with Gasteiger partial charge in [-0.25, -0.2) is 4.98 Å². The van der Waals surface area contributed by atoms with Crippen LogP contribution in [0.25, 0.3) is 0 Å². The molecule has 0 spiro atoms. The molecule has 1 amide bonds. The Kier molecular flexibility index (Phi) is 2.89. The van der Waals surface area contributed by atoms with Crippen molar-refractivity contribution in [3.63, 3.8) is 0 Å². The molecule has 1 aliphatic heterocycles. The van der Waals surface area contributed by atoms with Gasteiger partial charge in [0.15, 0.2) is 0 Å². The first kappa shape index (κ1) is 10.7. The number of aliphatic carboxylic acids is 1. The molecule has 2 rings (SSSR count). The fourth-order valence-corrected chi connectivity index (χ4v) is 1.79. The van der Waals surface area contributed by atoms with E-state index in [1.807, 2.05) is 0 Å². The number of amides is 1. The Labute approximate surface area is 91.9 Å². The highest BCUT2D eigenvalue weighted by Crippen LogP contribution is 2.18. The Morgan fingerprint density at radius 2 is 2.12 bits per heavy atom. The van der Waals surface area contributed by atoms with Crippen molar-refractivity contribution in [2.75, 3.05) is 13.1 Å². The van der Waals surface area contributed by atoms with E-state index in [1.165, 1.54) is 12.5 Å². The number of aromatic nitrogens is 1. The van der Waals surface area contributed by atoms with E-state index < -0.39 is 5.97 Å². The van der Waals surface area contributed by atoms with Gasteiger partial charge in [0.25, 0.3) is 5.89 Å². The first-order chi connectivity index (χ1) is 7.68. The zero-order valence-electron chi connectivity index (χ0n) is 8.63. The van der Waals surface area contributed by atoms with Gasteiger partial charge in [-0.05, 0) is 12.8 Å². The molecule has 6 heteroatoms. The van der Waals surface area contributed by atoms with E-state index in [2.05, 4.69) is 4.98 Å². The Hall–Kier alpha value is -1.85. The van der Waals surface area contributed by atoms with Crippen LogP contribution in [0.15, 0.2) is 16.9 Å². The van der Waals surface area contributed by atoms with E-state index in [1.54, 1.807) is 4.90 Å². The lowest BCUT2D eigenvalue weighted by Gasteiger charge is -2.28. The van der Waals surface area contributed by atoms with Crippen molar-refractivity contribution in [2.45, 2.75) is 12.8 Å². The summed E-state index contributed by atoms with van der Waals surface area (Å²) in [6, 6.07) is 0. The molecule has 1 saturated heterocycles. The fourth-order valence-electron chi connectivity index (χ4n) is 1.79. The van der Waals surface area contributed by atoms with Crippen molar-refractivity contribution in [2.24, 2.45) is 5.92 Å². The molecular weight excluding hydrogens is 212 g/mol. The molecule has 1 aliphatic rings. The van der Waals surface area contributed by atoms with Crippen molar-refractivity contribution >= 4 is 11.9 Å². The highest BCUT2D eigenvalue weighted by molar-refractivity contribution is 5.89. The maximum Gasteiger partial charge on any atom is 0.309 e. The summed E-state index contributed by atoms with van der Waals surface area (Å²) < 4.78 is 4.90. The topological polar surface area (TPSA) is 83.6 Å². The largest absolute Gasteiger partial charge is 0.481 e. The van der Waals surface area contributed by atoms with Crippen LogP contribution in [0, 0.1) is 5.92 Å². The van der Waals surface area contributed by atoms with Crippen molar-refractivity contribution < 1.29 is 19.1 Å². The quantitative estimate of drug-likeness (QED) is 0.795. The van der Waals surface area contributed by atoms with Crippen LogP contribution in [0.2, 0.25) is 0 Å². The number of carboxylic acids is 1. The third-order valence-electron chi connectivity index (χ3n) is 2.75. The maximum absolute atomic E-state index is 11.8. The van der Waals surface area contributed by atoms with Gasteiger partial charge in [0, 0.05) is 13.1 Å². The van der Waals surface area contributed by atoms with E-state index >= 15 is 0 Å². The van der Waals surface area contributed by atoms with Crippen molar-refractivity contribution in [1.29, 1.82) is 0 Å². The summed E-state index contributed by atoms with van der Waals surface area (Å²) in [6.07, 6.45) is 3.73. The fraction of sp³-hybridized carbons (Fsp3) is 0.500. The summed E-state index contributed by atoms with van der Waals surface area (Å²) in [4.78, 5) is 27.8. The van der Waals surface area contributed by atoms with Gasteiger partial charge in [-0.1, -0.05) is 0 Å². The first-order valence-corrected chi connectivity index (χ1v) is 5.10. The van der Waals surface area contributed by atoms with Crippen LogP contribution < -0.4 is 0 Å². The predicted octanol–water partition coefficient (Wildman–Crippen LogP) is 0.611. The molecular formula is C10H12N2O4. The van der Waals surface area contributed by atoms with Crippen LogP contribution in [-0.2, 0) is 4.79 Å². The van der Waals surface area contributed by atoms with Gasteiger partial charge >= 0.3 is 11.9 Å². The highest BCUT2D eigenvalue weighted by atomic mass is 16.4. The normalized spacial score (nSPS) is 17.4. The van der Waals surface area contributed by atoms with Gasteiger partial charge in [-0.15, -0.1) is 0 Å². The molecule has 6 nitrogen and oxygen atoms in total. The minimum Gasteiger partial charge on any atom is -0.481 e. The smallest absolute Gasteiger partial charge is 0.309 e. The summed E-state index contributed by atoms with van der Waals surface area (Å²) in [5.41, 5.74) is 0. The summed E-state index contributed by atoms with van der Waals surface area (Å²) >= 11 is 0. The number of oxazole rings is 1. The summed E-state index contributed by atoms with van der Waals surface area (Å²) in [5.74, 6) is -1.33. The van der Waals surface area contributed by atoms with Gasteiger partial charge in [0.1, 0.15) is 6.26 Å². The summed E-state index contributed by atoms with van der Waals surface area (Å²) in [7, 11) is 0. The minimum absolute atomic E-state index is 0.0637. The van der Waals surface area contributed by atoms with Crippen LogP contribution in [0.5, 0.6) is 0 Å². The maximum atomic E-state index is 11.8. The second-order valence-corrected chi connectivity index (χ2v) is 3.74. The van der Waals surface area contributed by atoms with E-state index in [4.69, 9.17) is 9.52 Å². The van der Waals surface area contributed by atoms with E-state index in [-0.39, 0.29) is 17.7 Å². The Bertz CT molecular complexity index is 380. The first-order valence-electron chi connectivity index (χ1n) is 5.10. The Balaban J connectivity index is 1.94. The van der Waals surface area contributed by atoms with Gasteiger partial charge in [-0.3, -0.25) is 9.59 Å². The minimum atomic E-state index is -0.789. The van der Waals surface area contributed by atoms with Crippen LogP contribution in [0.4, 0.5) is 0 Å². The second kappa shape index (κ2) is 4.34. The molecule has 16 heavy (non-hydrogen) atoms. The lowest BCUT2D eigenvalue weighted by atomic mass is 9.97. The third-order valence-corrected chi connectivity index (χ3v) is 2.75. The Morgan fingerprint density at radius 3 is 2.62 bits per heavy atom. The van der Waals surface area contributed by atoms with Crippen molar-refractivity contribution in [3.05, 3.63) is 18.4 Å². The van der Waals surface area contributed by atoms with Gasteiger partial charge in [0.2, 0.25) is 0 Å². The summed E-state index contributed by atoms with van der Waals surface area (Å²) in [6.45, 7) is 0.885. The molecule has 86 valence electrons. The second-order valence-electron chi connectivity index (χ2n) is 3.74. The zero-order chi connectivity index (χ0) is 11.5. The van der Waals surface area contributed by atoms with Crippen LogP contribution in [-0.4, -0.2) is 40.0 Å². The van der Waals surface area contributed by atoms with Crippen molar-refractivity contribution in [1.82, 2.24) is 9.88 Å². The molecule has 1 aromatic heterocycles. The molecule has 0 atom stereocenters. The molecule has 0 bridgehead atoms. The molecule has 2 heterocycles. The van der Waals surface area contributed by atoms with E-state index in [0.29, 0.717) is 25.9 Å². The lowest BCUT2D eigenvalue weighted by Crippen LogP contribution is -2.40. The molecule has 0 aromatic carbocycles. The zero-order valence-corrected chi connectivity index (χ0v) is 8.63. The number of likely N-dealkylation sites (tertiary alicyclic amines) is 1. The SMILES string of the molecule is O=C(O)C1CCN(C(=O)c2ncco2)CC1. The number of carboxylic acid groups (broad SMARTS) is 1. The molecule has 1 fully saturated rings. The average molecular weight is 224 g/mol. The van der Waals surface area contributed by atoms with Gasteiger partial charge < -0.3 is 14.4 Å². The van der Waals surface area contributed by atoms with Gasteiger partial charge in [-0.2, -0.15) is 0 Å². The van der Waals surface area contributed by atoms with Crippen LogP contribution in [0.3, 0.4) is 0 Å². The number of carbonyl (C=O) groups is 2. The highest BCUT2D eigenvalue weighted by Gasteiger charge is 2.28. The Morgan fingerprint density at radius 1 is 1.44 bits per heavy atom. The number of rotatable bonds is 2. The number of carbonyl (C=O) groups excluding carboxylic acids is 1. The molecule has 0 radical (unpaired) electrons. The molecule has 0 saturated carbocycles. The third kappa shape index (κ3) is 2.05. The lowest BCUT2D eigenvalue weighted by molar-refractivity contribution is -0.143. The number of hydrogen-bond acceptors (Lipinski definition) is 4. The monoisotopic (exact) mass is 224 g/mol. The predicted molar refractivity (Wildman–Crippen MR) is 52.8 cm³/mol. The molecule has 1 N–H and O–H groups in total. The number of hydrogen-bond donors (Lipinski definition) is 1. The van der Waals surface area contributed by atoms with Crippen molar-refractivity contribution in [3.8, 4) is 0 Å².